The maximum absolute atomic E-state index is 13.0. The number of pyridine rings is 2. The molecule has 0 saturated heterocycles. The highest BCUT2D eigenvalue weighted by Gasteiger charge is 2.21. The van der Waals surface area contributed by atoms with Gasteiger partial charge in [0.2, 0.25) is 0 Å². The van der Waals surface area contributed by atoms with E-state index in [2.05, 4.69) is 9.97 Å². The summed E-state index contributed by atoms with van der Waals surface area (Å²) in [5, 5.41) is 0. The molecule has 26 heavy (non-hydrogen) atoms. The average molecular weight is 345 g/mol. The van der Waals surface area contributed by atoms with Crippen molar-refractivity contribution in [2.24, 2.45) is 7.05 Å². The zero-order valence-corrected chi connectivity index (χ0v) is 14.7. The van der Waals surface area contributed by atoms with Crippen LogP contribution >= 0.6 is 0 Å². The molecule has 4 rings (SSSR count). The molecule has 4 aromatic heterocycles. The monoisotopic (exact) mass is 345 g/mol. The third-order valence-corrected chi connectivity index (χ3v) is 4.31. The summed E-state index contributed by atoms with van der Waals surface area (Å²) in [6.07, 6.45) is 7.62. The van der Waals surface area contributed by atoms with Gasteiger partial charge in [0.25, 0.3) is 5.91 Å². The van der Waals surface area contributed by atoms with Gasteiger partial charge in [0.05, 0.1) is 17.8 Å². The highest BCUT2D eigenvalue weighted by atomic mass is 16.2. The molecule has 0 aromatic carbocycles. The molecule has 0 N–H and O–H groups in total. The molecule has 0 aliphatic heterocycles. The fourth-order valence-electron chi connectivity index (χ4n) is 3.02. The van der Waals surface area contributed by atoms with E-state index in [9.17, 15) is 4.79 Å². The molecule has 0 fully saturated rings. The van der Waals surface area contributed by atoms with Gasteiger partial charge in [-0.2, -0.15) is 0 Å². The molecule has 0 spiro atoms. The lowest BCUT2D eigenvalue weighted by atomic mass is 10.3. The van der Waals surface area contributed by atoms with E-state index in [0.29, 0.717) is 12.2 Å². The molecule has 0 saturated carbocycles. The molecular weight excluding hydrogens is 326 g/mol. The van der Waals surface area contributed by atoms with E-state index in [1.54, 1.807) is 18.1 Å². The van der Waals surface area contributed by atoms with E-state index < -0.39 is 0 Å². The molecule has 4 heterocycles. The van der Waals surface area contributed by atoms with E-state index in [1.807, 2.05) is 77.1 Å². The van der Waals surface area contributed by atoms with Crippen molar-refractivity contribution in [1.29, 1.82) is 0 Å². The van der Waals surface area contributed by atoms with Crippen LogP contribution in [0.3, 0.4) is 0 Å². The quantitative estimate of drug-likeness (QED) is 0.571. The number of fused-ring (bicyclic) bond motifs is 1. The van der Waals surface area contributed by atoms with Gasteiger partial charge in [-0.15, -0.1) is 0 Å². The zero-order chi connectivity index (χ0) is 18.1. The van der Waals surface area contributed by atoms with E-state index in [1.165, 1.54) is 0 Å². The molecule has 6 nitrogen and oxygen atoms in total. The first-order valence-corrected chi connectivity index (χ1v) is 8.38. The van der Waals surface area contributed by atoms with Crippen molar-refractivity contribution >= 4 is 11.4 Å². The summed E-state index contributed by atoms with van der Waals surface area (Å²) in [5.41, 5.74) is 3.06. The second kappa shape index (κ2) is 6.48. The number of carbonyl (C=O) groups excluding carboxylic acids is 1. The topological polar surface area (TPSA) is 55.4 Å². The number of hydrogen-bond acceptors (Lipinski definition) is 3. The highest BCUT2D eigenvalue weighted by Crippen LogP contribution is 2.24. The largest absolute Gasteiger partial charge is 0.357 e. The molecule has 0 unspecified atom stereocenters. The molecule has 0 bridgehead atoms. The molecule has 130 valence electrons. The standard InChI is InChI=1S/C20H19N5O/c1-23-12-9-15(13-23)19-22-18(17-8-4-6-11-25(17)19)20(26)24(2)14-16-7-3-5-10-21-16/h3-13H,14H2,1-2H3. The SMILES string of the molecule is CN(Cc1ccccn1)C(=O)c1nc(-c2ccn(C)c2)n2ccccc12. The van der Waals surface area contributed by atoms with Crippen LogP contribution in [0.2, 0.25) is 0 Å². The van der Waals surface area contributed by atoms with Crippen LogP contribution in [0.1, 0.15) is 16.2 Å². The Bertz CT molecular complexity index is 1060. The van der Waals surface area contributed by atoms with E-state index in [0.717, 1.165) is 22.6 Å². The maximum atomic E-state index is 13.0. The van der Waals surface area contributed by atoms with Crippen LogP contribution in [0, 0.1) is 0 Å². The Morgan fingerprint density at radius 1 is 1.12 bits per heavy atom. The van der Waals surface area contributed by atoms with Crippen molar-refractivity contribution in [2.45, 2.75) is 6.54 Å². The lowest BCUT2D eigenvalue weighted by molar-refractivity contribution is 0.0780. The molecule has 0 aliphatic carbocycles. The fourth-order valence-corrected chi connectivity index (χ4v) is 3.02. The van der Waals surface area contributed by atoms with Gasteiger partial charge in [0.15, 0.2) is 5.69 Å². The molecule has 0 aliphatic rings. The first kappa shape index (κ1) is 16.1. The van der Waals surface area contributed by atoms with Gasteiger partial charge in [-0.3, -0.25) is 14.2 Å². The number of nitrogens with zero attached hydrogens (tertiary/aromatic N) is 5. The van der Waals surface area contributed by atoms with E-state index in [4.69, 9.17) is 0 Å². The van der Waals surface area contributed by atoms with Gasteiger partial charge in [-0.1, -0.05) is 12.1 Å². The minimum Gasteiger partial charge on any atom is -0.357 e. The maximum Gasteiger partial charge on any atom is 0.274 e. The predicted octanol–water partition coefficient (Wildman–Crippen LogP) is 3.01. The summed E-state index contributed by atoms with van der Waals surface area (Å²) in [5.74, 6) is 0.636. The molecule has 4 aromatic rings. The Balaban J connectivity index is 1.73. The van der Waals surface area contributed by atoms with Crippen molar-refractivity contribution in [3.8, 4) is 11.4 Å². The fraction of sp³-hybridized carbons (Fsp3) is 0.150. The van der Waals surface area contributed by atoms with Gasteiger partial charge in [0, 0.05) is 44.4 Å². The smallest absolute Gasteiger partial charge is 0.274 e. The summed E-state index contributed by atoms with van der Waals surface area (Å²) in [7, 11) is 3.74. The number of carbonyl (C=O) groups is 1. The number of aromatic nitrogens is 4. The molecule has 0 radical (unpaired) electrons. The Kier molecular flexibility index (Phi) is 4.01. The summed E-state index contributed by atoms with van der Waals surface area (Å²) < 4.78 is 3.92. The number of aryl methyl sites for hydroxylation is 1. The van der Waals surface area contributed by atoms with E-state index in [-0.39, 0.29) is 5.91 Å². The normalized spacial score (nSPS) is 11.0. The number of imidazole rings is 1. The van der Waals surface area contributed by atoms with Crippen molar-refractivity contribution in [3.05, 3.63) is 78.6 Å². The average Bonchev–Trinajstić information content (AvgIpc) is 3.25. The minimum absolute atomic E-state index is 0.124. The van der Waals surface area contributed by atoms with Gasteiger partial charge >= 0.3 is 0 Å². The van der Waals surface area contributed by atoms with Crippen molar-refractivity contribution in [1.82, 2.24) is 23.8 Å². The van der Waals surface area contributed by atoms with Gasteiger partial charge < -0.3 is 9.47 Å². The van der Waals surface area contributed by atoms with Crippen molar-refractivity contribution < 1.29 is 4.79 Å². The van der Waals surface area contributed by atoms with Crippen LogP contribution in [-0.2, 0) is 13.6 Å². The number of amides is 1. The van der Waals surface area contributed by atoms with Crippen molar-refractivity contribution in [3.63, 3.8) is 0 Å². The zero-order valence-electron chi connectivity index (χ0n) is 14.7. The predicted molar refractivity (Wildman–Crippen MR) is 99.6 cm³/mol. The van der Waals surface area contributed by atoms with E-state index >= 15 is 0 Å². The Hall–Kier alpha value is -3.41. The number of hydrogen-bond donors (Lipinski definition) is 0. The first-order valence-electron chi connectivity index (χ1n) is 8.38. The van der Waals surface area contributed by atoms with Crippen LogP contribution in [-0.4, -0.2) is 36.8 Å². The van der Waals surface area contributed by atoms with Crippen LogP contribution in [0.5, 0.6) is 0 Å². The van der Waals surface area contributed by atoms with Gasteiger partial charge in [0.1, 0.15) is 5.82 Å². The Labute approximate surface area is 151 Å². The molecule has 1 amide bonds. The second-order valence-corrected chi connectivity index (χ2v) is 6.29. The third-order valence-electron chi connectivity index (χ3n) is 4.31. The minimum atomic E-state index is -0.124. The first-order chi connectivity index (χ1) is 12.6. The number of rotatable bonds is 4. The van der Waals surface area contributed by atoms with Crippen molar-refractivity contribution in [2.75, 3.05) is 7.05 Å². The van der Waals surface area contributed by atoms with Crippen LogP contribution in [0.25, 0.3) is 16.9 Å². The summed E-state index contributed by atoms with van der Waals surface area (Å²) >= 11 is 0. The highest BCUT2D eigenvalue weighted by molar-refractivity contribution is 5.99. The lowest BCUT2D eigenvalue weighted by Crippen LogP contribution is -2.27. The lowest BCUT2D eigenvalue weighted by Gasteiger charge is -2.15. The van der Waals surface area contributed by atoms with Crippen LogP contribution in [0.4, 0.5) is 0 Å². The van der Waals surface area contributed by atoms with Gasteiger partial charge in [-0.25, -0.2) is 4.98 Å². The molecule has 0 atom stereocenters. The third kappa shape index (κ3) is 2.86. The van der Waals surface area contributed by atoms with Crippen LogP contribution < -0.4 is 0 Å². The Morgan fingerprint density at radius 3 is 2.69 bits per heavy atom. The molecule has 6 heteroatoms. The summed E-state index contributed by atoms with van der Waals surface area (Å²) in [4.78, 5) is 23.6. The second-order valence-electron chi connectivity index (χ2n) is 6.29. The van der Waals surface area contributed by atoms with Crippen LogP contribution in [0.15, 0.2) is 67.3 Å². The van der Waals surface area contributed by atoms with Gasteiger partial charge in [-0.05, 0) is 30.3 Å². The Morgan fingerprint density at radius 2 is 1.96 bits per heavy atom. The summed E-state index contributed by atoms with van der Waals surface area (Å²) in [6, 6.07) is 13.5. The molecular formula is C20H19N5O. The summed E-state index contributed by atoms with van der Waals surface area (Å²) in [6.45, 7) is 0.437.